The number of nitriles is 1. The molecule has 1 N–H and O–H groups in total. The number of carboxylic acid groups (broad SMARTS) is 1. The van der Waals surface area contributed by atoms with E-state index in [0.29, 0.717) is 78.7 Å². The molecular weight excluding hydrogens is 771 g/mol. The number of hydrogen-bond acceptors (Lipinski definition) is 15. The molecule has 57 heavy (non-hydrogen) atoms. The molecule has 0 amide bonds. The first-order chi connectivity index (χ1) is 27.7. The maximum Gasteiger partial charge on any atom is 0.348 e. The molecule has 14 nitrogen and oxygen atoms in total. The molecule has 0 saturated heterocycles. The van der Waals surface area contributed by atoms with Crippen LogP contribution in [0.2, 0.25) is 0 Å². The van der Waals surface area contributed by atoms with E-state index >= 15 is 0 Å². The van der Waals surface area contributed by atoms with E-state index in [4.69, 9.17) is 28.7 Å². The summed E-state index contributed by atoms with van der Waals surface area (Å²) >= 11 is 2.45. The molecule has 2 aromatic heterocycles. The first-order valence-electron chi connectivity index (χ1n) is 19.4. The van der Waals surface area contributed by atoms with E-state index in [2.05, 4.69) is 28.1 Å². The van der Waals surface area contributed by atoms with Gasteiger partial charge in [-0.05, 0) is 45.6 Å². The second-order valence-corrected chi connectivity index (χ2v) is 14.7. The SMILES string of the molecule is CCCCCC/C=C/CC(CC(=O)OCCOCCOCCOCCN(CC)c1nc(-c2ccccc2)c(N=Nc2sc(C(=O)OCC)c(C)c2C#N)s1)C(=O)O. The average molecular weight is 826 g/mol. The number of thiophene rings is 1. The van der Waals surface area contributed by atoms with Crippen LogP contribution in [0.25, 0.3) is 11.3 Å². The van der Waals surface area contributed by atoms with Crippen LogP contribution in [-0.4, -0.2) is 93.9 Å². The highest BCUT2D eigenvalue weighted by Gasteiger charge is 2.23. The summed E-state index contributed by atoms with van der Waals surface area (Å²) in [5.74, 6) is -2.86. The number of carboxylic acids is 1. The van der Waals surface area contributed by atoms with E-state index in [1.807, 2.05) is 49.4 Å². The Kier molecular flexibility index (Phi) is 22.3. The van der Waals surface area contributed by atoms with Crippen molar-refractivity contribution in [2.75, 3.05) is 70.8 Å². The Morgan fingerprint density at radius 3 is 2.23 bits per heavy atom. The molecule has 3 rings (SSSR count). The summed E-state index contributed by atoms with van der Waals surface area (Å²) in [6.07, 6.45) is 9.49. The van der Waals surface area contributed by atoms with E-state index < -0.39 is 23.8 Å². The Hall–Kier alpha value is -4.53. The van der Waals surface area contributed by atoms with Gasteiger partial charge in [-0.25, -0.2) is 9.78 Å². The number of esters is 2. The van der Waals surface area contributed by atoms with Crippen molar-refractivity contribution in [1.82, 2.24) is 4.98 Å². The molecule has 0 aliphatic heterocycles. The van der Waals surface area contributed by atoms with E-state index in [-0.39, 0.29) is 31.8 Å². The number of anilines is 1. The van der Waals surface area contributed by atoms with E-state index in [1.54, 1.807) is 13.8 Å². The minimum Gasteiger partial charge on any atom is -0.481 e. The predicted molar refractivity (Wildman–Crippen MR) is 221 cm³/mol. The fraction of sp³-hybridized carbons (Fsp3) is 0.537. The number of nitrogens with zero attached hydrogens (tertiary/aromatic N) is 5. The maximum atomic E-state index is 12.4. The Morgan fingerprint density at radius 1 is 0.895 bits per heavy atom. The molecule has 1 unspecified atom stereocenters. The number of thiazole rings is 1. The number of hydrogen-bond donors (Lipinski definition) is 1. The molecule has 0 saturated carbocycles. The lowest BCUT2D eigenvalue weighted by atomic mass is 10.0. The van der Waals surface area contributed by atoms with Crippen molar-refractivity contribution >= 4 is 55.7 Å². The second-order valence-electron chi connectivity index (χ2n) is 12.7. The van der Waals surface area contributed by atoms with Gasteiger partial charge in [-0.15, -0.1) is 21.6 Å². The van der Waals surface area contributed by atoms with Gasteiger partial charge in [0.05, 0.1) is 64.2 Å². The van der Waals surface area contributed by atoms with Crippen LogP contribution in [-0.2, 0) is 33.3 Å². The Morgan fingerprint density at radius 2 is 1.58 bits per heavy atom. The molecular formula is C41H55N5O9S2. The van der Waals surface area contributed by atoms with Crippen LogP contribution in [0.4, 0.5) is 15.1 Å². The molecule has 16 heteroatoms. The van der Waals surface area contributed by atoms with Gasteiger partial charge < -0.3 is 33.7 Å². The third-order valence-corrected chi connectivity index (χ3v) is 10.7. The van der Waals surface area contributed by atoms with Crippen LogP contribution in [0.5, 0.6) is 0 Å². The highest BCUT2D eigenvalue weighted by Crippen LogP contribution is 2.42. The summed E-state index contributed by atoms with van der Waals surface area (Å²) in [5.41, 5.74) is 2.33. The zero-order valence-electron chi connectivity index (χ0n) is 33.4. The van der Waals surface area contributed by atoms with E-state index in [0.717, 1.165) is 41.3 Å². The van der Waals surface area contributed by atoms with Gasteiger partial charge in [-0.2, -0.15) is 5.26 Å². The molecule has 0 radical (unpaired) electrons. The quantitative estimate of drug-likeness (QED) is 0.0304. The van der Waals surface area contributed by atoms with Crippen LogP contribution >= 0.6 is 22.7 Å². The lowest BCUT2D eigenvalue weighted by Crippen LogP contribution is -2.27. The third kappa shape index (κ3) is 16.5. The molecule has 0 bridgehead atoms. The number of likely N-dealkylation sites (N-methyl/N-ethyl adjacent to an activating group) is 1. The van der Waals surface area contributed by atoms with Gasteiger partial charge in [0, 0.05) is 18.7 Å². The topological polar surface area (TPSA) is 182 Å². The highest BCUT2D eigenvalue weighted by molar-refractivity contribution is 7.20. The van der Waals surface area contributed by atoms with Crippen LogP contribution in [0, 0.1) is 24.2 Å². The van der Waals surface area contributed by atoms with Crippen LogP contribution in [0.3, 0.4) is 0 Å². The van der Waals surface area contributed by atoms with Gasteiger partial charge in [0.15, 0.2) is 15.1 Å². The Labute approximate surface area is 343 Å². The predicted octanol–water partition coefficient (Wildman–Crippen LogP) is 9.07. The van der Waals surface area contributed by atoms with Gasteiger partial charge in [-0.3, -0.25) is 9.59 Å². The lowest BCUT2D eigenvalue weighted by molar-refractivity contribution is -0.152. The smallest absolute Gasteiger partial charge is 0.348 e. The van der Waals surface area contributed by atoms with Crippen molar-refractivity contribution < 1.29 is 43.2 Å². The van der Waals surface area contributed by atoms with E-state index in [1.165, 1.54) is 24.2 Å². The number of carbonyl (C=O) groups is 3. The summed E-state index contributed by atoms with van der Waals surface area (Å²) < 4.78 is 27.2. The number of rotatable bonds is 29. The number of aromatic nitrogens is 1. The fourth-order valence-corrected chi connectivity index (χ4v) is 7.36. The number of allylic oxidation sites excluding steroid dienone is 2. The standard InChI is InChI=1S/C41H55N5O9S2/c1-5-8-9-10-11-12-14-19-32(39(48)49)28-34(47)55-27-26-53-25-24-52-23-22-51-21-20-46(6-2)41-43-35(31-17-15-13-16-18-31)38(57-41)45-44-37-33(29-42)30(4)36(56-37)40(50)54-7-3/h12-18,32H,5-11,19-28H2,1-4H3,(H,48,49)/b14-12+,45-44?. The average Bonchev–Trinajstić information content (AvgIpc) is 3.78. The van der Waals surface area contributed by atoms with Crippen molar-refractivity contribution in [3.05, 3.63) is 58.5 Å². The first kappa shape index (κ1) is 46.8. The number of benzene rings is 1. The number of azo groups is 1. The molecule has 0 aliphatic carbocycles. The summed E-state index contributed by atoms with van der Waals surface area (Å²) in [4.78, 5) is 43.5. The van der Waals surface area contributed by atoms with Gasteiger partial charge >= 0.3 is 17.9 Å². The molecule has 2 heterocycles. The van der Waals surface area contributed by atoms with Gasteiger partial charge in [-0.1, -0.05) is 80.0 Å². The number of carbonyl (C=O) groups excluding carboxylic acids is 2. The molecule has 0 fully saturated rings. The molecule has 0 aliphatic rings. The number of unbranched alkanes of at least 4 members (excludes halogenated alkanes) is 4. The van der Waals surface area contributed by atoms with Crippen LogP contribution < -0.4 is 4.90 Å². The van der Waals surface area contributed by atoms with Crippen molar-refractivity contribution in [1.29, 1.82) is 5.26 Å². The van der Waals surface area contributed by atoms with Gasteiger partial charge in [0.25, 0.3) is 0 Å². The summed E-state index contributed by atoms with van der Waals surface area (Å²) in [5, 5.41) is 29.8. The third-order valence-electron chi connectivity index (χ3n) is 8.54. The number of aliphatic carboxylic acids is 1. The summed E-state index contributed by atoms with van der Waals surface area (Å²) in [6.45, 7) is 11.2. The minimum atomic E-state index is -1.01. The zero-order valence-corrected chi connectivity index (χ0v) is 35.0. The molecule has 1 atom stereocenters. The maximum absolute atomic E-state index is 12.4. The van der Waals surface area contributed by atoms with Crippen molar-refractivity contribution in [2.45, 2.75) is 72.6 Å². The fourth-order valence-electron chi connectivity index (χ4n) is 5.39. The molecule has 1 aromatic carbocycles. The first-order valence-corrected chi connectivity index (χ1v) is 21.1. The molecule has 310 valence electrons. The Bertz CT molecular complexity index is 1770. The van der Waals surface area contributed by atoms with Crippen LogP contribution in [0.1, 0.15) is 86.5 Å². The van der Waals surface area contributed by atoms with Crippen molar-refractivity contribution in [2.24, 2.45) is 16.1 Å². The van der Waals surface area contributed by atoms with E-state index in [9.17, 15) is 24.8 Å². The van der Waals surface area contributed by atoms with Crippen LogP contribution in [0.15, 0.2) is 52.7 Å². The highest BCUT2D eigenvalue weighted by atomic mass is 32.1. The van der Waals surface area contributed by atoms with Gasteiger partial charge in [0.2, 0.25) is 0 Å². The van der Waals surface area contributed by atoms with Crippen molar-refractivity contribution in [3.8, 4) is 17.3 Å². The molecule has 3 aromatic rings. The normalized spacial score (nSPS) is 11.9. The van der Waals surface area contributed by atoms with Gasteiger partial charge in [0.1, 0.15) is 23.2 Å². The second kappa shape index (κ2) is 27.2. The Balaban J connectivity index is 1.38. The zero-order chi connectivity index (χ0) is 41.3. The van der Waals surface area contributed by atoms with Crippen molar-refractivity contribution in [3.63, 3.8) is 0 Å². The molecule has 0 spiro atoms. The number of ether oxygens (including phenoxy) is 5. The monoisotopic (exact) mass is 825 g/mol. The summed E-state index contributed by atoms with van der Waals surface area (Å²) in [6, 6.07) is 11.8. The summed E-state index contributed by atoms with van der Waals surface area (Å²) in [7, 11) is 0. The lowest BCUT2D eigenvalue weighted by Gasteiger charge is -2.19. The largest absolute Gasteiger partial charge is 0.481 e. The minimum absolute atomic E-state index is 0.0419.